The highest BCUT2D eigenvalue weighted by Crippen LogP contribution is 2.29. The number of benzene rings is 2. The van der Waals surface area contributed by atoms with Gasteiger partial charge in [0, 0.05) is 30.1 Å². The number of nitrogens with one attached hydrogen (secondary N) is 1. The Bertz CT molecular complexity index is 1100. The summed E-state index contributed by atoms with van der Waals surface area (Å²) in [6.07, 6.45) is 4.64. The number of anilines is 2. The van der Waals surface area contributed by atoms with E-state index in [1.54, 1.807) is 48.7 Å². The third-order valence-corrected chi connectivity index (χ3v) is 3.63. The Morgan fingerprint density at radius 3 is 2.79 bits per heavy atom. The highest BCUT2D eigenvalue weighted by molar-refractivity contribution is 5.61. The molecule has 136 valence electrons. The van der Waals surface area contributed by atoms with Crippen molar-refractivity contribution in [1.82, 2.24) is 9.97 Å². The molecule has 0 saturated heterocycles. The van der Waals surface area contributed by atoms with E-state index >= 15 is 0 Å². The van der Waals surface area contributed by atoms with Gasteiger partial charge in [-0.1, -0.05) is 12.1 Å². The molecule has 0 aliphatic heterocycles. The molecule has 7 nitrogen and oxygen atoms in total. The molecule has 0 radical (unpaired) electrons. The van der Waals surface area contributed by atoms with Crippen LogP contribution in [-0.2, 0) is 0 Å². The van der Waals surface area contributed by atoms with E-state index in [1.807, 2.05) is 18.2 Å². The Balaban J connectivity index is 1.86. The number of ether oxygens (including phenoxy) is 2. The summed E-state index contributed by atoms with van der Waals surface area (Å²) in [4.78, 5) is 8.34. The number of hydrogen-bond donors (Lipinski definition) is 1. The summed E-state index contributed by atoms with van der Waals surface area (Å²) in [5.74, 6) is 1.73. The number of aromatic nitrogens is 2. The van der Waals surface area contributed by atoms with E-state index in [2.05, 4.69) is 21.4 Å². The molecule has 0 bridgehead atoms. The topological polar surface area (TPSA) is 104 Å². The highest BCUT2D eigenvalue weighted by Gasteiger charge is 2.08. The largest absolute Gasteiger partial charge is 0.481 e. The second-order valence-corrected chi connectivity index (χ2v) is 5.51. The van der Waals surface area contributed by atoms with Crippen LogP contribution in [0, 0.1) is 22.7 Å². The normalized spacial score (nSPS) is 10.1. The smallest absolute Gasteiger partial charge is 0.230 e. The SMILES string of the molecule is COc1ccnc(Nc2ccc(C#N)c(Oc3cccc(/C=C/C#N)c3)c2)n1. The zero-order chi connectivity index (χ0) is 19.8. The fourth-order valence-corrected chi connectivity index (χ4v) is 2.36. The highest BCUT2D eigenvalue weighted by atomic mass is 16.5. The van der Waals surface area contributed by atoms with E-state index < -0.39 is 0 Å². The molecule has 28 heavy (non-hydrogen) atoms. The van der Waals surface area contributed by atoms with Crippen LogP contribution in [0.4, 0.5) is 11.6 Å². The van der Waals surface area contributed by atoms with E-state index in [-0.39, 0.29) is 0 Å². The molecular formula is C21H15N5O2. The van der Waals surface area contributed by atoms with Crippen molar-refractivity contribution in [2.24, 2.45) is 0 Å². The van der Waals surface area contributed by atoms with Gasteiger partial charge in [-0.15, -0.1) is 0 Å². The molecule has 3 rings (SSSR count). The summed E-state index contributed by atoms with van der Waals surface area (Å²) in [6.45, 7) is 0. The van der Waals surface area contributed by atoms with Crippen molar-refractivity contribution in [3.05, 3.63) is 71.9 Å². The minimum atomic E-state index is 0.360. The van der Waals surface area contributed by atoms with Crippen LogP contribution in [0.25, 0.3) is 6.08 Å². The summed E-state index contributed by atoms with van der Waals surface area (Å²) < 4.78 is 11.0. The summed E-state index contributed by atoms with van der Waals surface area (Å²) in [6, 6.07) is 18.0. The summed E-state index contributed by atoms with van der Waals surface area (Å²) in [7, 11) is 1.53. The van der Waals surface area contributed by atoms with Crippen LogP contribution < -0.4 is 14.8 Å². The monoisotopic (exact) mass is 369 g/mol. The Morgan fingerprint density at radius 2 is 2.00 bits per heavy atom. The Hall–Kier alpha value is -4.36. The first-order chi connectivity index (χ1) is 13.7. The van der Waals surface area contributed by atoms with Gasteiger partial charge >= 0.3 is 0 Å². The van der Waals surface area contributed by atoms with Crippen molar-refractivity contribution < 1.29 is 9.47 Å². The molecular weight excluding hydrogens is 354 g/mol. The Morgan fingerprint density at radius 1 is 1.11 bits per heavy atom. The molecule has 1 heterocycles. The lowest BCUT2D eigenvalue weighted by Crippen LogP contribution is -1.99. The van der Waals surface area contributed by atoms with E-state index in [0.29, 0.717) is 34.6 Å². The maximum absolute atomic E-state index is 9.38. The molecule has 0 unspecified atom stereocenters. The van der Waals surface area contributed by atoms with Gasteiger partial charge in [-0.05, 0) is 35.9 Å². The minimum absolute atomic E-state index is 0.360. The first-order valence-electron chi connectivity index (χ1n) is 8.24. The molecule has 0 aliphatic rings. The predicted octanol–water partition coefficient (Wildman–Crippen LogP) is 4.43. The van der Waals surface area contributed by atoms with Crippen molar-refractivity contribution in [1.29, 1.82) is 10.5 Å². The molecule has 2 aromatic carbocycles. The van der Waals surface area contributed by atoms with Gasteiger partial charge in [0.05, 0.1) is 18.7 Å². The van der Waals surface area contributed by atoms with Crippen LogP contribution in [0.5, 0.6) is 17.4 Å². The van der Waals surface area contributed by atoms with Crippen molar-refractivity contribution in [2.45, 2.75) is 0 Å². The third-order valence-electron chi connectivity index (χ3n) is 3.63. The number of methoxy groups -OCH3 is 1. The first kappa shape index (κ1) is 18.4. The maximum Gasteiger partial charge on any atom is 0.230 e. The average Bonchev–Trinajstić information content (AvgIpc) is 2.73. The van der Waals surface area contributed by atoms with Crippen molar-refractivity contribution in [2.75, 3.05) is 12.4 Å². The lowest BCUT2D eigenvalue weighted by atomic mass is 10.2. The lowest BCUT2D eigenvalue weighted by Gasteiger charge is -2.11. The average molecular weight is 369 g/mol. The fraction of sp³-hybridized carbons (Fsp3) is 0.0476. The summed E-state index contributed by atoms with van der Waals surface area (Å²) in [5.41, 5.74) is 1.86. The van der Waals surface area contributed by atoms with Crippen LogP contribution >= 0.6 is 0 Å². The fourth-order valence-electron chi connectivity index (χ4n) is 2.36. The number of nitrogens with zero attached hydrogens (tertiary/aromatic N) is 4. The van der Waals surface area contributed by atoms with Gasteiger partial charge in [-0.2, -0.15) is 15.5 Å². The van der Waals surface area contributed by atoms with Gasteiger partial charge in [0.15, 0.2) is 0 Å². The van der Waals surface area contributed by atoms with Crippen LogP contribution in [0.3, 0.4) is 0 Å². The third kappa shape index (κ3) is 4.63. The molecule has 3 aromatic rings. The van der Waals surface area contributed by atoms with Gasteiger partial charge in [0.1, 0.15) is 17.6 Å². The van der Waals surface area contributed by atoms with Gasteiger partial charge in [-0.3, -0.25) is 0 Å². The van der Waals surface area contributed by atoms with E-state index in [9.17, 15) is 5.26 Å². The van der Waals surface area contributed by atoms with Crippen LogP contribution in [-0.4, -0.2) is 17.1 Å². The van der Waals surface area contributed by atoms with Crippen molar-refractivity contribution >= 4 is 17.7 Å². The molecule has 1 aromatic heterocycles. The molecule has 0 saturated carbocycles. The molecule has 0 spiro atoms. The quantitative estimate of drug-likeness (QED) is 0.641. The predicted molar refractivity (Wildman–Crippen MR) is 104 cm³/mol. The maximum atomic E-state index is 9.38. The van der Waals surface area contributed by atoms with Gasteiger partial charge in [0.2, 0.25) is 11.8 Å². The zero-order valence-electron chi connectivity index (χ0n) is 15.0. The van der Waals surface area contributed by atoms with Crippen LogP contribution in [0.1, 0.15) is 11.1 Å². The minimum Gasteiger partial charge on any atom is -0.481 e. The lowest BCUT2D eigenvalue weighted by molar-refractivity contribution is 0.397. The van der Waals surface area contributed by atoms with Gasteiger partial charge in [0.25, 0.3) is 0 Å². The molecule has 0 amide bonds. The van der Waals surface area contributed by atoms with Crippen molar-refractivity contribution in [3.63, 3.8) is 0 Å². The molecule has 1 N–H and O–H groups in total. The van der Waals surface area contributed by atoms with Crippen LogP contribution in [0.15, 0.2) is 60.8 Å². The van der Waals surface area contributed by atoms with E-state index in [0.717, 1.165) is 5.56 Å². The van der Waals surface area contributed by atoms with Crippen molar-refractivity contribution in [3.8, 4) is 29.5 Å². The number of allylic oxidation sites excluding steroid dienone is 1. The number of nitriles is 2. The zero-order valence-corrected chi connectivity index (χ0v) is 15.0. The Kier molecular flexibility index (Phi) is 5.82. The van der Waals surface area contributed by atoms with Gasteiger partial charge < -0.3 is 14.8 Å². The molecule has 7 heteroatoms. The van der Waals surface area contributed by atoms with Gasteiger partial charge in [-0.25, -0.2) is 4.98 Å². The summed E-state index contributed by atoms with van der Waals surface area (Å²) >= 11 is 0. The second-order valence-electron chi connectivity index (χ2n) is 5.51. The van der Waals surface area contributed by atoms with E-state index in [1.165, 1.54) is 13.2 Å². The van der Waals surface area contributed by atoms with E-state index in [4.69, 9.17) is 14.7 Å². The number of hydrogen-bond acceptors (Lipinski definition) is 7. The second kappa shape index (κ2) is 8.84. The standard InChI is InChI=1S/C21H15N5O2/c1-27-20-9-11-24-21(26-20)25-17-8-7-16(14-23)19(13-17)28-18-6-2-4-15(12-18)5-3-10-22/h2-9,11-13H,1H3,(H,24,25,26)/b5-3+. The molecule has 0 fully saturated rings. The molecule has 0 aliphatic carbocycles. The number of rotatable bonds is 6. The summed E-state index contributed by atoms with van der Waals surface area (Å²) in [5, 5.41) is 21.1. The van der Waals surface area contributed by atoms with Crippen LogP contribution in [0.2, 0.25) is 0 Å². The molecule has 0 atom stereocenters. The Labute approximate surface area is 162 Å². The first-order valence-corrected chi connectivity index (χ1v) is 8.24.